The van der Waals surface area contributed by atoms with E-state index in [9.17, 15) is 0 Å². The standard InChI is InChI=1S/C15H21N2/c1-10(2)12-6-7-13-14(8-12)16-9-17(5)15(13)11(3)4/h6-11H,1-5H3/q+1. The van der Waals surface area contributed by atoms with Gasteiger partial charge in [0.25, 0.3) is 6.33 Å². The zero-order valence-corrected chi connectivity index (χ0v) is 11.4. The Kier molecular flexibility index (Phi) is 3.14. The number of hydrogen-bond donors (Lipinski definition) is 0. The lowest BCUT2D eigenvalue weighted by Gasteiger charge is -2.10. The molecular weight excluding hydrogens is 208 g/mol. The van der Waals surface area contributed by atoms with E-state index in [0.29, 0.717) is 11.8 Å². The minimum absolute atomic E-state index is 0.510. The number of hydrogen-bond acceptors (Lipinski definition) is 1. The highest BCUT2D eigenvalue weighted by atomic mass is 15.0. The van der Waals surface area contributed by atoms with Crippen LogP contribution in [0.1, 0.15) is 50.8 Å². The molecule has 0 amide bonds. The number of aryl methyl sites for hydroxylation is 1. The normalized spacial score (nSPS) is 11.7. The summed E-state index contributed by atoms with van der Waals surface area (Å²) in [5.41, 5.74) is 3.82. The maximum Gasteiger partial charge on any atom is 0.286 e. The molecule has 2 nitrogen and oxygen atoms in total. The van der Waals surface area contributed by atoms with Crippen LogP contribution in [0.4, 0.5) is 0 Å². The van der Waals surface area contributed by atoms with Crippen molar-refractivity contribution in [1.82, 2.24) is 4.98 Å². The van der Waals surface area contributed by atoms with Gasteiger partial charge in [-0.05, 0) is 28.6 Å². The first kappa shape index (κ1) is 12.0. The van der Waals surface area contributed by atoms with Crippen molar-refractivity contribution in [2.45, 2.75) is 39.5 Å². The Morgan fingerprint density at radius 3 is 2.35 bits per heavy atom. The van der Waals surface area contributed by atoms with Crippen molar-refractivity contribution >= 4 is 10.9 Å². The van der Waals surface area contributed by atoms with E-state index >= 15 is 0 Å². The summed E-state index contributed by atoms with van der Waals surface area (Å²) in [6, 6.07) is 6.65. The lowest BCUT2D eigenvalue weighted by Crippen LogP contribution is -2.34. The lowest BCUT2D eigenvalue weighted by atomic mass is 9.98. The average molecular weight is 229 g/mol. The number of benzene rings is 1. The van der Waals surface area contributed by atoms with Gasteiger partial charge in [-0.25, -0.2) is 4.57 Å². The summed E-state index contributed by atoms with van der Waals surface area (Å²) in [5, 5.41) is 1.27. The van der Waals surface area contributed by atoms with Crippen molar-refractivity contribution < 1.29 is 4.57 Å². The zero-order chi connectivity index (χ0) is 12.6. The molecule has 0 aliphatic heterocycles. The van der Waals surface area contributed by atoms with Crippen LogP contribution >= 0.6 is 0 Å². The molecule has 2 heteroatoms. The molecule has 17 heavy (non-hydrogen) atoms. The molecule has 1 heterocycles. The van der Waals surface area contributed by atoms with Crippen LogP contribution in [0.5, 0.6) is 0 Å². The highest BCUT2D eigenvalue weighted by molar-refractivity contribution is 5.81. The molecule has 0 aliphatic carbocycles. The summed E-state index contributed by atoms with van der Waals surface area (Å²) in [5.74, 6) is 1.06. The van der Waals surface area contributed by atoms with Gasteiger partial charge in [0.2, 0.25) is 0 Å². The summed E-state index contributed by atoms with van der Waals surface area (Å²) in [4.78, 5) is 4.53. The smallest absolute Gasteiger partial charge is 0.236 e. The molecule has 0 atom stereocenters. The molecule has 0 radical (unpaired) electrons. The molecule has 1 aromatic heterocycles. The van der Waals surface area contributed by atoms with E-state index in [2.05, 4.69) is 62.5 Å². The van der Waals surface area contributed by atoms with Gasteiger partial charge in [-0.2, -0.15) is 0 Å². The molecule has 0 saturated carbocycles. The number of aromatic nitrogens is 2. The van der Waals surface area contributed by atoms with Gasteiger partial charge in [0, 0.05) is 5.92 Å². The Morgan fingerprint density at radius 1 is 1.06 bits per heavy atom. The van der Waals surface area contributed by atoms with Gasteiger partial charge in [0.05, 0.1) is 12.4 Å². The van der Waals surface area contributed by atoms with E-state index in [1.165, 1.54) is 16.6 Å². The van der Waals surface area contributed by atoms with Crippen molar-refractivity contribution in [3.8, 4) is 0 Å². The Hall–Kier alpha value is -1.44. The van der Waals surface area contributed by atoms with Gasteiger partial charge in [0.1, 0.15) is 5.69 Å². The van der Waals surface area contributed by atoms with Crippen LogP contribution in [0.3, 0.4) is 0 Å². The fraction of sp³-hybridized carbons (Fsp3) is 0.467. The summed E-state index contributed by atoms with van der Waals surface area (Å²) >= 11 is 0. The Labute approximate surface area is 103 Å². The van der Waals surface area contributed by atoms with Crippen molar-refractivity contribution in [2.24, 2.45) is 7.05 Å². The predicted octanol–water partition coefficient (Wildman–Crippen LogP) is 3.31. The Bertz CT molecular complexity index is 542. The van der Waals surface area contributed by atoms with E-state index in [1.54, 1.807) is 0 Å². The summed E-state index contributed by atoms with van der Waals surface area (Å²) in [6.45, 7) is 8.89. The molecular formula is C15H21N2+. The SMILES string of the molecule is CC(C)c1ccc2c(C(C)C)[n+](C)cnc2c1. The molecule has 2 rings (SSSR count). The highest BCUT2D eigenvalue weighted by Crippen LogP contribution is 2.24. The average Bonchev–Trinajstić information content (AvgIpc) is 2.27. The van der Waals surface area contributed by atoms with Crippen LogP contribution in [0, 0.1) is 0 Å². The Balaban J connectivity index is 2.71. The molecule has 0 saturated heterocycles. The van der Waals surface area contributed by atoms with E-state index < -0.39 is 0 Å². The van der Waals surface area contributed by atoms with Crippen molar-refractivity contribution in [1.29, 1.82) is 0 Å². The highest BCUT2D eigenvalue weighted by Gasteiger charge is 2.16. The fourth-order valence-corrected chi connectivity index (χ4v) is 2.35. The van der Waals surface area contributed by atoms with Crippen molar-refractivity contribution in [3.63, 3.8) is 0 Å². The van der Waals surface area contributed by atoms with Gasteiger partial charge in [0.15, 0.2) is 5.52 Å². The maximum atomic E-state index is 4.53. The van der Waals surface area contributed by atoms with Gasteiger partial charge < -0.3 is 0 Å². The third-order valence-corrected chi connectivity index (χ3v) is 3.26. The molecule has 0 bridgehead atoms. The summed E-state index contributed by atoms with van der Waals surface area (Å²) in [6.07, 6.45) is 1.92. The Morgan fingerprint density at radius 2 is 1.76 bits per heavy atom. The molecule has 0 spiro atoms. The first-order valence-corrected chi connectivity index (χ1v) is 6.29. The summed E-state index contributed by atoms with van der Waals surface area (Å²) < 4.78 is 2.13. The largest absolute Gasteiger partial charge is 0.286 e. The third kappa shape index (κ3) is 2.17. The van der Waals surface area contributed by atoms with Crippen LogP contribution in [0.15, 0.2) is 24.5 Å². The van der Waals surface area contributed by atoms with E-state index in [1.807, 2.05) is 6.33 Å². The van der Waals surface area contributed by atoms with Gasteiger partial charge >= 0.3 is 0 Å². The number of fused-ring (bicyclic) bond motifs is 1. The second-order valence-electron chi connectivity index (χ2n) is 5.33. The molecule has 0 aliphatic rings. The van der Waals surface area contributed by atoms with Crippen LogP contribution < -0.4 is 4.57 Å². The quantitative estimate of drug-likeness (QED) is 0.722. The first-order chi connectivity index (χ1) is 8.00. The zero-order valence-electron chi connectivity index (χ0n) is 11.4. The topological polar surface area (TPSA) is 16.8 Å². The lowest BCUT2D eigenvalue weighted by molar-refractivity contribution is -0.681. The molecule has 90 valence electrons. The van der Waals surface area contributed by atoms with Gasteiger partial charge in [-0.15, -0.1) is 0 Å². The second kappa shape index (κ2) is 4.44. The van der Waals surface area contributed by atoms with Crippen molar-refractivity contribution in [3.05, 3.63) is 35.8 Å². The van der Waals surface area contributed by atoms with Crippen LogP contribution in [-0.2, 0) is 7.05 Å². The molecule has 1 aromatic carbocycles. The number of rotatable bonds is 2. The number of nitrogens with zero attached hydrogens (tertiary/aromatic N) is 2. The molecule has 2 aromatic rings. The van der Waals surface area contributed by atoms with Crippen LogP contribution in [0.25, 0.3) is 10.9 Å². The molecule has 0 N–H and O–H groups in total. The third-order valence-electron chi connectivity index (χ3n) is 3.26. The maximum absolute atomic E-state index is 4.53. The van der Waals surface area contributed by atoms with E-state index in [4.69, 9.17) is 0 Å². The van der Waals surface area contributed by atoms with E-state index in [-0.39, 0.29) is 0 Å². The first-order valence-electron chi connectivity index (χ1n) is 6.29. The fourth-order valence-electron chi connectivity index (χ4n) is 2.35. The van der Waals surface area contributed by atoms with Crippen LogP contribution in [-0.4, -0.2) is 4.98 Å². The van der Waals surface area contributed by atoms with E-state index in [0.717, 1.165) is 5.52 Å². The van der Waals surface area contributed by atoms with Crippen molar-refractivity contribution in [2.75, 3.05) is 0 Å². The summed E-state index contributed by atoms with van der Waals surface area (Å²) in [7, 11) is 2.07. The molecule has 0 unspecified atom stereocenters. The predicted molar refractivity (Wildman–Crippen MR) is 71.1 cm³/mol. The van der Waals surface area contributed by atoms with Gasteiger partial charge in [-0.3, -0.25) is 0 Å². The molecule has 0 fully saturated rings. The second-order valence-corrected chi connectivity index (χ2v) is 5.33. The minimum Gasteiger partial charge on any atom is -0.236 e. The monoisotopic (exact) mass is 229 g/mol. The van der Waals surface area contributed by atoms with Gasteiger partial charge in [-0.1, -0.05) is 33.8 Å². The minimum atomic E-state index is 0.510. The van der Waals surface area contributed by atoms with Crippen LogP contribution in [0.2, 0.25) is 0 Å².